The summed E-state index contributed by atoms with van der Waals surface area (Å²) in [6.07, 6.45) is -0.823. The molecule has 0 aromatic heterocycles. The van der Waals surface area contributed by atoms with Crippen molar-refractivity contribution in [3.05, 3.63) is 29.3 Å². The summed E-state index contributed by atoms with van der Waals surface area (Å²) in [4.78, 5) is 0. The lowest BCUT2D eigenvalue weighted by atomic mass is 10.1. The van der Waals surface area contributed by atoms with Crippen LogP contribution < -0.4 is 4.74 Å². The van der Waals surface area contributed by atoms with Gasteiger partial charge >= 0.3 is 0 Å². The molecule has 0 amide bonds. The van der Waals surface area contributed by atoms with E-state index in [2.05, 4.69) is 0 Å². The third-order valence-corrected chi connectivity index (χ3v) is 2.02. The summed E-state index contributed by atoms with van der Waals surface area (Å²) >= 11 is 0. The summed E-state index contributed by atoms with van der Waals surface area (Å²) in [6, 6.07) is 5.63. The highest BCUT2D eigenvalue weighted by molar-refractivity contribution is 5.42. The molecule has 0 saturated heterocycles. The van der Waals surface area contributed by atoms with Crippen LogP contribution in [0.25, 0.3) is 0 Å². The van der Waals surface area contributed by atoms with Crippen LogP contribution in [0.4, 0.5) is 0 Å². The summed E-state index contributed by atoms with van der Waals surface area (Å²) < 4.78 is 10.1. The van der Waals surface area contributed by atoms with Crippen LogP contribution >= 0.6 is 0 Å². The molecular weight excluding hydrogens is 156 g/mol. The number of aliphatic hydroxyl groups is 1. The van der Waals surface area contributed by atoms with Crippen molar-refractivity contribution in [1.82, 2.24) is 0 Å². The number of hydrogen-bond acceptors (Lipinski definition) is 3. The molecule has 1 aromatic rings. The number of hydrogen-bond donors (Lipinski definition) is 1. The first-order valence-electron chi connectivity index (χ1n) is 3.78. The Balaban J connectivity index is 2.53. The van der Waals surface area contributed by atoms with Crippen LogP contribution in [0.1, 0.15) is 17.4 Å². The molecule has 1 heterocycles. The molecule has 0 unspecified atom stereocenters. The molecule has 3 heteroatoms. The number of aliphatic hydroxyl groups excluding tert-OH is 1. The topological polar surface area (TPSA) is 38.7 Å². The number of benzene rings is 1. The quantitative estimate of drug-likeness (QED) is 0.681. The van der Waals surface area contributed by atoms with Crippen LogP contribution in [0.2, 0.25) is 0 Å². The van der Waals surface area contributed by atoms with E-state index in [1.165, 1.54) is 0 Å². The first kappa shape index (κ1) is 7.58. The number of ether oxygens (including phenoxy) is 2. The fraction of sp³-hybridized carbons (Fsp3) is 0.333. The van der Waals surface area contributed by atoms with Crippen molar-refractivity contribution < 1.29 is 14.6 Å². The molecule has 2 rings (SSSR count). The van der Waals surface area contributed by atoms with Gasteiger partial charge in [-0.3, -0.25) is 0 Å². The molecule has 1 aliphatic rings. The molecule has 0 saturated carbocycles. The molecule has 0 bridgehead atoms. The van der Waals surface area contributed by atoms with Crippen molar-refractivity contribution in [1.29, 1.82) is 0 Å². The van der Waals surface area contributed by atoms with Gasteiger partial charge in [0.1, 0.15) is 5.75 Å². The third-order valence-electron chi connectivity index (χ3n) is 2.02. The molecule has 1 aliphatic heterocycles. The minimum absolute atomic E-state index is 0.466. The molecule has 64 valence electrons. The molecule has 1 atom stereocenters. The Hall–Kier alpha value is -1.06. The minimum Gasteiger partial charge on any atom is -0.496 e. The zero-order valence-electron chi connectivity index (χ0n) is 6.78. The molecule has 12 heavy (non-hydrogen) atoms. The normalized spacial score (nSPS) is 20.7. The summed E-state index contributed by atoms with van der Waals surface area (Å²) in [6.45, 7) is 0.466. The first-order valence-corrected chi connectivity index (χ1v) is 3.78. The van der Waals surface area contributed by atoms with Gasteiger partial charge in [-0.25, -0.2) is 0 Å². The molecule has 3 nitrogen and oxygen atoms in total. The standard InChI is InChI=1S/C9H10O3/c1-11-7-4-2-3-6-5-12-9(10)8(6)7/h2-4,9-10H,5H2,1H3/t9-/m1/s1. The third kappa shape index (κ3) is 0.983. The van der Waals surface area contributed by atoms with Crippen LogP contribution in [-0.2, 0) is 11.3 Å². The van der Waals surface area contributed by atoms with E-state index in [-0.39, 0.29) is 0 Å². The highest BCUT2D eigenvalue weighted by atomic mass is 16.6. The molecule has 0 radical (unpaired) electrons. The van der Waals surface area contributed by atoms with E-state index in [0.717, 1.165) is 11.1 Å². The monoisotopic (exact) mass is 166 g/mol. The van der Waals surface area contributed by atoms with Crippen molar-refractivity contribution in [2.45, 2.75) is 12.9 Å². The number of methoxy groups -OCH3 is 1. The zero-order valence-corrected chi connectivity index (χ0v) is 6.78. The SMILES string of the molecule is COc1cccc2c1[C@H](O)OC2. The van der Waals surface area contributed by atoms with E-state index < -0.39 is 6.29 Å². The van der Waals surface area contributed by atoms with Gasteiger partial charge in [-0.1, -0.05) is 12.1 Å². The van der Waals surface area contributed by atoms with Crippen molar-refractivity contribution >= 4 is 0 Å². The summed E-state index contributed by atoms with van der Waals surface area (Å²) in [5.41, 5.74) is 1.77. The van der Waals surface area contributed by atoms with Crippen molar-refractivity contribution in [2.24, 2.45) is 0 Å². The van der Waals surface area contributed by atoms with Crippen LogP contribution in [0.3, 0.4) is 0 Å². The van der Waals surface area contributed by atoms with E-state index in [9.17, 15) is 5.11 Å². The predicted octanol–water partition coefficient (Wildman–Crippen LogP) is 1.22. The van der Waals surface area contributed by atoms with Gasteiger partial charge in [0.15, 0.2) is 6.29 Å². The molecule has 0 aliphatic carbocycles. The van der Waals surface area contributed by atoms with Crippen molar-refractivity contribution in [3.63, 3.8) is 0 Å². The van der Waals surface area contributed by atoms with Gasteiger partial charge in [0.25, 0.3) is 0 Å². The zero-order chi connectivity index (χ0) is 8.55. The molecule has 0 fully saturated rings. The Morgan fingerprint density at radius 1 is 1.58 bits per heavy atom. The Morgan fingerprint density at radius 3 is 3.17 bits per heavy atom. The van der Waals surface area contributed by atoms with Gasteiger partial charge in [-0.15, -0.1) is 0 Å². The molecule has 1 N–H and O–H groups in total. The van der Waals surface area contributed by atoms with Gasteiger partial charge in [0.05, 0.1) is 19.3 Å². The van der Waals surface area contributed by atoms with E-state index in [0.29, 0.717) is 12.4 Å². The van der Waals surface area contributed by atoms with Gasteiger partial charge in [-0.2, -0.15) is 0 Å². The van der Waals surface area contributed by atoms with E-state index in [4.69, 9.17) is 9.47 Å². The average molecular weight is 166 g/mol. The Bertz CT molecular complexity index is 296. The smallest absolute Gasteiger partial charge is 0.185 e. The lowest BCUT2D eigenvalue weighted by molar-refractivity contribution is -0.0925. The maximum Gasteiger partial charge on any atom is 0.185 e. The lowest BCUT2D eigenvalue weighted by Crippen LogP contribution is -1.96. The second-order valence-corrected chi connectivity index (χ2v) is 2.70. The highest BCUT2D eigenvalue weighted by Crippen LogP contribution is 2.35. The lowest BCUT2D eigenvalue weighted by Gasteiger charge is -2.07. The van der Waals surface area contributed by atoms with Gasteiger partial charge in [0.2, 0.25) is 0 Å². The predicted molar refractivity (Wildman–Crippen MR) is 42.7 cm³/mol. The largest absolute Gasteiger partial charge is 0.496 e. The molecule has 1 aromatic carbocycles. The average Bonchev–Trinajstić information content (AvgIpc) is 2.48. The van der Waals surface area contributed by atoms with Crippen molar-refractivity contribution in [2.75, 3.05) is 7.11 Å². The fourth-order valence-electron chi connectivity index (χ4n) is 1.43. The maximum absolute atomic E-state index is 9.39. The summed E-state index contributed by atoms with van der Waals surface area (Å²) in [5, 5.41) is 9.39. The van der Waals surface area contributed by atoms with E-state index >= 15 is 0 Å². The fourth-order valence-corrected chi connectivity index (χ4v) is 1.43. The number of rotatable bonds is 1. The van der Waals surface area contributed by atoms with Gasteiger partial charge in [0, 0.05) is 0 Å². The first-order chi connectivity index (χ1) is 5.83. The Morgan fingerprint density at radius 2 is 2.42 bits per heavy atom. The van der Waals surface area contributed by atoms with Gasteiger partial charge < -0.3 is 14.6 Å². The van der Waals surface area contributed by atoms with Crippen molar-refractivity contribution in [3.8, 4) is 5.75 Å². The van der Waals surface area contributed by atoms with E-state index in [1.54, 1.807) is 7.11 Å². The minimum atomic E-state index is -0.823. The van der Waals surface area contributed by atoms with Crippen LogP contribution in [0, 0.1) is 0 Å². The highest BCUT2D eigenvalue weighted by Gasteiger charge is 2.24. The van der Waals surface area contributed by atoms with Crippen LogP contribution in [-0.4, -0.2) is 12.2 Å². The maximum atomic E-state index is 9.39. The summed E-state index contributed by atoms with van der Waals surface area (Å²) in [5.74, 6) is 0.692. The molecule has 0 spiro atoms. The second-order valence-electron chi connectivity index (χ2n) is 2.70. The van der Waals surface area contributed by atoms with Crippen LogP contribution in [0.15, 0.2) is 18.2 Å². The number of fused-ring (bicyclic) bond motifs is 1. The molecular formula is C9H10O3. The summed E-state index contributed by atoms with van der Waals surface area (Å²) in [7, 11) is 1.58. The second kappa shape index (κ2) is 2.77. The van der Waals surface area contributed by atoms with Crippen LogP contribution in [0.5, 0.6) is 5.75 Å². The Kier molecular flexibility index (Phi) is 1.75. The van der Waals surface area contributed by atoms with E-state index in [1.807, 2.05) is 18.2 Å². The van der Waals surface area contributed by atoms with Gasteiger partial charge in [-0.05, 0) is 11.6 Å². The Labute approximate surface area is 70.5 Å².